The lowest BCUT2D eigenvalue weighted by molar-refractivity contribution is -0.302. The lowest BCUT2D eigenvalue weighted by Gasteiger charge is -2.40. The fourth-order valence-electron chi connectivity index (χ4n) is 9.59. The number of aliphatic hydroxyl groups excluding tert-OH is 5. The van der Waals surface area contributed by atoms with Gasteiger partial charge in [0, 0.05) is 6.42 Å². The van der Waals surface area contributed by atoms with Gasteiger partial charge in [0.25, 0.3) is 0 Å². The monoisotopic (exact) mass is 964 g/mol. The molecule has 1 heterocycles. The first kappa shape index (κ1) is 64.7. The molecule has 402 valence electrons. The highest BCUT2D eigenvalue weighted by Gasteiger charge is 2.44. The summed E-state index contributed by atoms with van der Waals surface area (Å²) in [7, 11) is 0. The number of carbonyl (C=O) groups excluding carboxylic acids is 1. The topological polar surface area (TPSA) is 149 Å². The maximum atomic E-state index is 13.0. The highest BCUT2D eigenvalue weighted by atomic mass is 16.7. The van der Waals surface area contributed by atoms with Crippen LogP contribution in [0.4, 0.5) is 0 Å². The highest BCUT2D eigenvalue weighted by Crippen LogP contribution is 2.23. The van der Waals surface area contributed by atoms with E-state index in [2.05, 4.69) is 31.3 Å². The Morgan fingerprint density at radius 1 is 0.485 bits per heavy atom. The van der Waals surface area contributed by atoms with Crippen molar-refractivity contribution in [1.29, 1.82) is 0 Å². The molecule has 0 aliphatic carbocycles. The molecule has 7 atom stereocenters. The molecule has 1 rings (SSSR count). The van der Waals surface area contributed by atoms with Crippen molar-refractivity contribution in [2.75, 3.05) is 13.2 Å². The second-order valence-corrected chi connectivity index (χ2v) is 20.8. The zero-order valence-electron chi connectivity index (χ0n) is 44.6. The first-order valence-electron chi connectivity index (χ1n) is 29.6. The van der Waals surface area contributed by atoms with Crippen LogP contribution in [0.15, 0.2) is 24.3 Å². The number of ether oxygens (including phenoxy) is 2. The molecule has 1 aliphatic heterocycles. The van der Waals surface area contributed by atoms with E-state index < -0.39 is 49.5 Å². The number of hydrogen-bond acceptors (Lipinski definition) is 8. The first-order chi connectivity index (χ1) is 33.3. The van der Waals surface area contributed by atoms with Crippen molar-refractivity contribution in [3.63, 3.8) is 0 Å². The lowest BCUT2D eigenvalue weighted by atomic mass is 9.99. The fourth-order valence-corrected chi connectivity index (χ4v) is 9.59. The zero-order chi connectivity index (χ0) is 49.4. The van der Waals surface area contributed by atoms with Crippen molar-refractivity contribution >= 4 is 5.91 Å². The zero-order valence-corrected chi connectivity index (χ0v) is 44.6. The Kier molecular flexibility index (Phi) is 46.9. The minimum Gasteiger partial charge on any atom is -0.394 e. The molecular weight excluding hydrogens is 851 g/mol. The molecule has 1 aliphatic rings. The summed E-state index contributed by atoms with van der Waals surface area (Å²) in [5.74, 6) is -0.181. The summed E-state index contributed by atoms with van der Waals surface area (Å²) in [5.41, 5.74) is 0. The molecule has 7 unspecified atom stereocenters. The molecule has 0 spiro atoms. The Hall–Kier alpha value is -1.33. The van der Waals surface area contributed by atoms with Gasteiger partial charge in [0.2, 0.25) is 5.91 Å². The highest BCUT2D eigenvalue weighted by molar-refractivity contribution is 5.76. The third kappa shape index (κ3) is 38.4. The SMILES string of the molecule is CCCCCCCCCCC/C=C/CC/C=C/C(O)C(COC1OC(CO)C(O)C(O)C1O)NC(=O)CCCCCCCCCCCCCCCCCCCCCCCCCCCCCCCC. The molecule has 68 heavy (non-hydrogen) atoms. The quantitative estimate of drug-likeness (QED) is 0.0261. The van der Waals surface area contributed by atoms with Gasteiger partial charge in [-0.3, -0.25) is 4.79 Å². The van der Waals surface area contributed by atoms with E-state index in [1.807, 2.05) is 6.08 Å². The molecule has 1 amide bonds. The Labute approximate surface area is 419 Å². The van der Waals surface area contributed by atoms with Crippen LogP contribution >= 0.6 is 0 Å². The normalized spacial score (nSPS) is 19.7. The van der Waals surface area contributed by atoms with Gasteiger partial charge in [-0.25, -0.2) is 0 Å². The largest absolute Gasteiger partial charge is 0.394 e. The summed E-state index contributed by atoms with van der Waals surface area (Å²) in [4.78, 5) is 13.0. The maximum absolute atomic E-state index is 13.0. The van der Waals surface area contributed by atoms with E-state index in [0.29, 0.717) is 6.42 Å². The predicted molar refractivity (Wildman–Crippen MR) is 286 cm³/mol. The summed E-state index contributed by atoms with van der Waals surface area (Å²) in [5, 5.41) is 54.4. The van der Waals surface area contributed by atoms with Crippen molar-refractivity contribution in [2.24, 2.45) is 0 Å². The third-order valence-corrected chi connectivity index (χ3v) is 14.3. The van der Waals surface area contributed by atoms with Crippen LogP contribution in [-0.4, -0.2) is 87.5 Å². The molecule has 0 saturated carbocycles. The number of hydrogen-bond donors (Lipinski definition) is 6. The number of unbranched alkanes of at least 4 members (excludes halogenated alkanes) is 39. The molecule has 0 aromatic rings. The molecule has 0 aromatic heterocycles. The number of rotatable bonds is 51. The Morgan fingerprint density at radius 2 is 0.838 bits per heavy atom. The number of allylic oxidation sites excluding steroid dienone is 3. The average Bonchev–Trinajstić information content (AvgIpc) is 3.34. The lowest BCUT2D eigenvalue weighted by Crippen LogP contribution is -2.60. The average molecular weight is 965 g/mol. The Balaban J connectivity index is 2.14. The molecule has 1 saturated heterocycles. The van der Waals surface area contributed by atoms with Gasteiger partial charge in [0.05, 0.1) is 25.4 Å². The van der Waals surface area contributed by atoms with E-state index >= 15 is 0 Å². The molecular formula is C59H113NO8. The second kappa shape index (κ2) is 49.3. The number of amides is 1. The van der Waals surface area contributed by atoms with E-state index in [9.17, 15) is 30.3 Å². The maximum Gasteiger partial charge on any atom is 0.220 e. The third-order valence-electron chi connectivity index (χ3n) is 14.3. The van der Waals surface area contributed by atoms with Crippen LogP contribution in [0.5, 0.6) is 0 Å². The van der Waals surface area contributed by atoms with E-state index in [0.717, 1.165) is 38.5 Å². The molecule has 0 aromatic carbocycles. The molecule has 6 N–H and O–H groups in total. The van der Waals surface area contributed by atoms with E-state index in [1.165, 1.54) is 231 Å². The standard InChI is InChI=1S/C59H113NO8/c1-3-5-7-9-11-13-15-17-19-20-21-22-23-24-25-26-27-28-29-30-31-32-33-35-37-39-41-43-45-47-49-55(63)60-52(51-67-59-58(66)57(65)56(64)54(50-61)68-59)53(62)48-46-44-42-40-38-36-34-18-16-14-12-10-8-6-4-2/h38,40,46,48,52-54,56-59,61-62,64-66H,3-37,39,41-45,47,49-51H2,1-2H3,(H,60,63)/b40-38+,48-46+. The van der Waals surface area contributed by atoms with Crippen LogP contribution in [0.3, 0.4) is 0 Å². The van der Waals surface area contributed by atoms with Gasteiger partial charge in [-0.05, 0) is 32.1 Å². The van der Waals surface area contributed by atoms with Crippen LogP contribution in [0.2, 0.25) is 0 Å². The summed E-state index contributed by atoms with van der Waals surface area (Å²) in [6, 6.07) is -0.818. The van der Waals surface area contributed by atoms with Gasteiger partial charge >= 0.3 is 0 Å². The van der Waals surface area contributed by atoms with Gasteiger partial charge in [-0.2, -0.15) is 0 Å². The molecule has 0 radical (unpaired) electrons. The van der Waals surface area contributed by atoms with Crippen LogP contribution in [-0.2, 0) is 14.3 Å². The fraction of sp³-hybridized carbons (Fsp3) is 0.915. The summed E-state index contributed by atoms with van der Waals surface area (Å²) >= 11 is 0. The van der Waals surface area contributed by atoms with Gasteiger partial charge < -0.3 is 40.3 Å². The van der Waals surface area contributed by atoms with E-state index in [4.69, 9.17) is 9.47 Å². The first-order valence-corrected chi connectivity index (χ1v) is 29.6. The Morgan fingerprint density at radius 3 is 1.24 bits per heavy atom. The summed E-state index contributed by atoms with van der Waals surface area (Å²) in [6.07, 6.45) is 55.5. The van der Waals surface area contributed by atoms with Gasteiger partial charge in [-0.15, -0.1) is 0 Å². The van der Waals surface area contributed by atoms with Crippen molar-refractivity contribution in [3.05, 3.63) is 24.3 Å². The van der Waals surface area contributed by atoms with Crippen molar-refractivity contribution in [3.8, 4) is 0 Å². The Bertz CT molecular complexity index is 1120. The van der Waals surface area contributed by atoms with E-state index in [1.54, 1.807) is 6.08 Å². The summed E-state index contributed by atoms with van der Waals surface area (Å²) in [6.45, 7) is 3.79. The molecule has 1 fully saturated rings. The molecule has 0 bridgehead atoms. The van der Waals surface area contributed by atoms with Crippen LogP contribution < -0.4 is 5.32 Å². The molecule has 9 heteroatoms. The minimum absolute atomic E-state index is 0.181. The second-order valence-electron chi connectivity index (χ2n) is 20.8. The van der Waals surface area contributed by atoms with Crippen molar-refractivity contribution in [1.82, 2.24) is 5.32 Å². The predicted octanol–water partition coefficient (Wildman–Crippen LogP) is 14.6. The van der Waals surface area contributed by atoms with Crippen molar-refractivity contribution in [2.45, 2.75) is 333 Å². The number of carbonyl (C=O) groups is 1. The summed E-state index contributed by atoms with van der Waals surface area (Å²) < 4.78 is 11.2. The van der Waals surface area contributed by atoms with E-state index in [-0.39, 0.29) is 12.5 Å². The number of aliphatic hydroxyl groups is 5. The smallest absolute Gasteiger partial charge is 0.220 e. The van der Waals surface area contributed by atoms with Crippen molar-refractivity contribution < 1.29 is 39.8 Å². The van der Waals surface area contributed by atoms with Crippen LogP contribution in [0.25, 0.3) is 0 Å². The van der Waals surface area contributed by atoms with Crippen LogP contribution in [0, 0.1) is 0 Å². The molecule has 9 nitrogen and oxygen atoms in total. The van der Waals surface area contributed by atoms with Gasteiger partial charge in [0.1, 0.15) is 24.4 Å². The minimum atomic E-state index is -1.57. The van der Waals surface area contributed by atoms with Gasteiger partial charge in [0.15, 0.2) is 6.29 Å². The number of nitrogens with one attached hydrogen (secondary N) is 1. The van der Waals surface area contributed by atoms with Gasteiger partial charge in [-0.1, -0.05) is 276 Å². The van der Waals surface area contributed by atoms with Crippen LogP contribution in [0.1, 0.15) is 290 Å².